The van der Waals surface area contributed by atoms with Crippen molar-refractivity contribution in [3.05, 3.63) is 107 Å². The van der Waals surface area contributed by atoms with Crippen LogP contribution < -0.4 is 5.32 Å². The lowest BCUT2D eigenvalue weighted by Crippen LogP contribution is -2.43. The van der Waals surface area contributed by atoms with Crippen molar-refractivity contribution in [1.29, 1.82) is 0 Å². The van der Waals surface area contributed by atoms with Crippen molar-refractivity contribution in [1.82, 2.24) is 5.32 Å². The molecule has 3 aromatic rings. The van der Waals surface area contributed by atoms with Gasteiger partial charge in [-0.15, -0.1) is 0 Å². The van der Waals surface area contributed by atoms with E-state index in [4.69, 9.17) is 16.3 Å². The number of carbonyl (C=O) groups excluding carboxylic acids is 3. The summed E-state index contributed by atoms with van der Waals surface area (Å²) in [5.41, 5.74) is 1.67. The maximum absolute atomic E-state index is 12.7. The van der Waals surface area contributed by atoms with E-state index >= 15 is 0 Å². The summed E-state index contributed by atoms with van der Waals surface area (Å²) in [6.45, 7) is -0.398. The summed E-state index contributed by atoms with van der Waals surface area (Å²) >= 11 is 5.86. The van der Waals surface area contributed by atoms with Gasteiger partial charge in [-0.05, 0) is 29.8 Å². The Labute approximate surface area is 179 Å². The van der Waals surface area contributed by atoms with Crippen molar-refractivity contribution < 1.29 is 19.1 Å². The number of Topliss-reactive ketones (excluding diaryl/α,β-unsaturated/α-hetero) is 1. The molecule has 0 radical (unpaired) electrons. The molecule has 30 heavy (non-hydrogen) atoms. The van der Waals surface area contributed by atoms with Crippen LogP contribution in [0.5, 0.6) is 0 Å². The lowest BCUT2D eigenvalue weighted by atomic mass is 10.1. The smallest absolute Gasteiger partial charge is 0.329 e. The molecule has 0 unspecified atom stereocenters. The number of benzene rings is 3. The third-order valence-corrected chi connectivity index (χ3v) is 4.67. The normalized spacial score (nSPS) is 11.4. The van der Waals surface area contributed by atoms with Gasteiger partial charge in [-0.25, -0.2) is 4.79 Å². The third kappa shape index (κ3) is 6.03. The predicted molar refractivity (Wildman–Crippen MR) is 115 cm³/mol. The molecule has 0 heterocycles. The lowest BCUT2D eigenvalue weighted by molar-refractivity contribution is -0.144. The molecule has 0 aliphatic carbocycles. The lowest BCUT2D eigenvalue weighted by Gasteiger charge is -2.18. The Hall–Kier alpha value is -3.44. The summed E-state index contributed by atoms with van der Waals surface area (Å²) in [5.74, 6) is -1.42. The molecule has 1 N–H and O–H groups in total. The van der Waals surface area contributed by atoms with E-state index in [1.807, 2.05) is 30.3 Å². The fourth-order valence-corrected chi connectivity index (χ4v) is 2.96. The minimum absolute atomic E-state index is 0.235. The highest BCUT2D eigenvalue weighted by Gasteiger charge is 2.24. The van der Waals surface area contributed by atoms with Crippen LogP contribution in [-0.4, -0.2) is 30.3 Å². The summed E-state index contributed by atoms with van der Waals surface area (Å²) in [5, 5.41) is 3.20. The zero-order chi connectivity index (χ0) is 21.3. The van der Waals surface area contributed by atoms with Crippen LogP contribution in [0, 0.1) is 0 Å². The molecule has 0 aliphatic heterocycles. The fraction of sp³-hybridized carbons (Fsp3) is 0.125. The van der Waals surface area contributed by atoms with Crippen LogP contribution in [0.2, 0.25) is 5.02 Å². The summed E-state index contributed by atoms with van der Waals surface area (Å²) in [7, 11) is 0. The zero-order valence-electron chi connectivity index (χ0n) is 16.1. The minimum atomic E-state index is -0.945. The summed E-state index contributed by atoms with van der Waals surface area (Å²) in [4.78, 5) is 37.5. The first-order chi connectivity index (χ1) is 14.5. The van der Waals surface area contributed by atoms with Gasteiger partial charge in [-0.3, -0.25) is 9.59 Å². The Morgan fingerprint density at radius 1 is 0.800 bits per heavy atom. The van der Waals surface area contributed by atoms with Gasteiger partial charge in [-0.2, -0.15) is 0 Å². The number of nitrogens with one attached hydrogen (secondary N) is 1. The number of halogens is 1. The van der Waals surface area contributed by atoms with E-state index < -0.39 is 24.5 Å². The first-order valence-corrected chi connectivity index (χ1v) is 9.76. The summed E-state index contributed by atoms with van der Waals surface area (Å²) < 4.78 is 5.22. The molecule has 3 rings (SSSR count). The average Bonchev–Trinajstić information content (AvgIpc) is 2.78. The minimum Gasteiger partial charge on any atom is -0.456 e. The number of hydrogen-bond acceptors (Lipinski definition) is 4. The number of ketones is 1. The van der Waals surface area contributed by atoms with Gasteiger partial charge in [0.15, 0.2) is 12.4 Å². The second kappa shape index (κ2) is 10.4. The van der Waals surface area contributed by atoms with Crippen molar-refractivity contribution in [2.24, 2.45) is 0 Å². The standard InChI is InChI=1S/C24H20ClNO4/c25-20-13-11-19(12-14-20)23(28)26-21(15-17-7-3-1-4-8-17)24(29)30-16-22(27)18-9-5-2-6-10-18/h1-14,21H,15-16H2,(H,26,28)/t21-/m0/s1. The number of ether oxygens (including phenoxy) is 1. The van der Waals surface area contributed by atoms with Crippen LogP contribution >= 0.6 is 11.6 Å². The fourth-order valence-electron chi connectivity index (χ4n) is 2.83. The third-order valence-electron chi connectivity index (χ3n) is 4.42. The topological polar surface area (TPSA) is 72.5 Å². The molecular formula is C24H20ClNO4. The largest absolute Gasteiger partial charge is 0.456 e. The average molecular weight is 422 g/mol. The zero-order valence-corrected chi connectivity index (χ0v) is 16.8. The van der Waals surface area contributed by atoms with Gasteiger partial charge < -0.3 is 10.1 Å². The maximum Gasteiger partial charge on any atom is 0.329 e. The first-order valence-electron chi connectivity index (χ1n) is 9.38. The van der Waals surface area contributed by atoms with E-state index in [0.29, 0.717) is 16.1 Å². The van der Waals surface area contributed by atoms with E-state index in [2.05, 4.69) is 5.32 Å². The molecule has 152 valence electrons. The quantitative estimate of drug-likeness (QED) is 0.439. The Balaban J connectivity index is 1.69. The van der Waals surface area contributed by atoms with Gasteiger partial charge in [0.25, 0.3) is 5.91 Å². The van der Waals surface area contributed by atoms with Gasteiger partial charge in [-0.1, -0.05) is 72.3 Å². The highest BCUT2D eigenvalue weighted by Crippen LogP contribution is 2.11. The van der Waals surface area contributed by atoms with Crippen LogP contribution in [-0.2, 0) is 16.0 Å². The number of carbonyl (C=O) groups is 3. The molecule has 0 bridgehead atoms. The van der Waals surface area contributed by atoms with E-state index in [0.717, 1.165) is 5.56 Å². The Morgan fingerprint density at radius 3 is 2.03 bits per heavy atom. The Bertz CT molecular complexity index is 1000. The number of hydrogen-bond donors (Lipinski definition) is 1. The van der Waals surface area contributed by atoms with Gasteiger partial charge in [0.05, 0.1) is 0 Å². The van der Waals surface area contributed by atoms with Gasteiger partial charge >= 0.3 is 5.97 Å². The monoisotopic (exact) mass is 421 g/mol. The number of esters is 1. The van der Waals surface area contributed by atoms with Crippen molar-refractivity contribution in [3.63, 3.8) is 0 Å². The van der Waals surface area contributed by atoms with E-state index in [9.17, 15) is 14.4 Å². The molecule has 1 amide bonds. The van der Waals surface area contributed by atoms with Gasteiger partial charge in [0.1, 0.15) is 6.04 Å². The van der Waals surface area contributed by atoms with Gasteiger partial charge in [0, 0.05) is 22.6 Å². The SMILES string of the molecule is O=C(COC(=O)[C@H](Cc1ccccc1)NC(=O)c1ccc(Cl)cc1)c1ccccc1. The second-order valence-corrected chi connectivity index (χ2v) is 7.06. The Kier molecular flexibility index (Phi) is 7.35. The van der Waals surface area contributed by atoms with Crippen LogP contribution in [0.3, 0.4) is 0 Å². The molecule has 0 saturated carbocycles. The highest BCUT2D eigenvalue weighted by molar-refractivity contribution is 6.30. The molecular weight excluding hydrogens is 402 g/mol. The summed E-state index contributed by atoms with van der Waals surface area (Å²) in [6, 6.07) is 23.2. The van der Waals surface area contributed by atoms with Crippen molar-refractivity contribution >= 4 is 29.3 Å². The molecule has 3 aromatic carbocycles. The molecule has 0 spiro atoms. The van der Waals surface area contributed by atoms with Crippen LogP contribution in [0.25, 0.3) is 0 Å². The van der Waals surface area contributed by atoms with E-state index in [1.54, 1.807) is 54.6 Å². The molecule has 0 fully saturated rings. The number of rotatable bonds is 8. The maximum atomic E-state index is 12.7. The molecule has 1 atom stereocenters. The molecule has 5 nitrogen and oxygen atoms in total. The Morgan fingerprint density at radius 2 is 1.40 bits per heavy atom. The van der Waals surface area contributed by atoms with Crippen LogP contribution in [0.15, 0.2) is 84.9 Å². The first kappa shape index (κ1) is 21.3. The molecule has 0 aliphatic rings. The van der Waals surface area contributed by atoms with Crippen molar-refractivity contribution in [3.8, 4) is 0 Å². The number of amides is 1. The van der Waals surface area contributed by atoms with Crippen molar-refractivity contribution in [2.45, 2.75) is 12.5 Å². The van der Waals surface area contributed by atoms with Crippen LogP contribution in [0.4, 0.5) is 0 Å². The van der Waals surface area contributed by atoms with E-state index in [1.165, 1.54) is 0 Å². The summed E-state index contributed by atoms with van der Waals surface area (Å²) in [6.07, 6.45) is 0.235. The molecule has 0 saturated heterocycles. The predicted octanol–water partition coefficient (Wildman–Crippen LogP) is 4.11. The van der Waals surface area contributed by atoms with Crippen molar-refractivity contribution in [2.75, 3.05) is 6.61 Å². The molecule has 0 aromatic heterocycles. The highest BCUT2D eigenvalue weighted by atomic mass is 35.5. The second-order valence-electron chi connectivity index (χ2n) is 6.62. The van der Waals surface area contributed by atoms with Gasteiger partial charge in [0.2, 0.25) is 0 Å². The molecule has 6 heteroatoms. The van der Waals surface area contributed by atoms with E-state index in [-0.39, 0.29) is 12.2 Å². The van der Waals surface area contributed by atoms with Crippen LogP contribution in [0.1, 0.15) is 26.3 Å².